The van der Waals surface area contributed by atoms with Crippen LogP contribution in [-0.2, 0) is 19.8 Å². The van der Waals surface area contributed by atoms with Crippen molar-refractivity contribution in [3.05, 3.63) is 64.7 Å². The van der Waals surface area contributed by atoms with Gasteiger partial charge in [-0.3, -0.25) is 4.79 Å². The topological polar surface area (TPSA) is 66.8 Å². The molecule has 0 aromatic heterocycles. The number of ketones is 1. The predicted molar refractivity (Wildman–Crippen MR) is 79.1 cm³/mol. The van der Waals surface area contributed by atoms with Crippen molar-refractivity contribution in [1.29, 1.82) is 0 Å². The molecule has 0 aliphatic heterocycles. The molecule has 0 bridgehead atoms. The maximum Gasteiger partial charge on any atom is 0.159 e. The van der Waals surface area contributed by atoms with Gasteiger partial charge in [-0.15, -0.1) is 0 Å². The van der Waals surface area contributed by atoms with Crippen molar-refractivity contribution < 1.29 is 19.7 Å². The van der Waals surface area contributed by atoms with E-state index in [-0.39, 0.29) is 19.0 Å². The highest BCUT2D eigenvalue weighted by molar-refractivity contribution is 5.94. The number of carbonyl (C=O) groups excluding carboxylic acids is 1. The van der Waals surface area contributed by atoms with Crippen LogP contribution in [-0.4, -0.2) is 16.0 Å². The number of Topliss-reactive ketones (excluding diaryl/α,β-unsaturated/α-hetero) is 1. The second kappa shape index (κ2) is 7.02. The monoisotopic (exact) mass is 286 g/mol. The zero-order chi connectivity index (χ0) is 15.2. The fraction of sp³-hybridized carbons (Fsp3) is 0.235. The molecule has 0 aliphatic rings. The van der Waals surface area contributed by atoms with E-state index in [0.717, 1.165) is 5.56 Å². The SMILES string of the molecule is CC(=O)c1cccc(COc2ccc(CO)c(CO)c2)c1. The molecule has 0 atom stereocenters. The fourth-order valence-corrected chi connectivity index (χ4v) is 2.04. The molecule has 0 spiro atoms. The van der Waals surface area contributed by atoms with Crippen LogP contribution in [0.5, 0.6) is 5.75 Å². The van der Waals surface area contributed by atoms with Crippen LogP contribution in [0, 0.1) is 0 Å². The van der Waals surface area contributed by atoms with Crippen molar-refractivity contribution in [2.24, 2.45) is 0 Å². The fourth-order valence-electron chi connectivity index (χ4n) is 2.04. The number of aliphatic hydroxyl groups excluding tert-OH is 2. The van der Waals surface area contributed by atoms with Crippen LogP contribution in [0.1, 0.15) is 34.0 Å². The Morgan fingerprint density at radius 3 is 2.48 bits per heavy atom. The molecule has 2 aromatic carbocycles. The second-order valence-electron chi connectivity index (χ2n) is 4.79. The Bertz CT molecular complexity index is 634. The normalized spacial score (nSPS) is 10.4. The van der Waals surface area contributed by atoms with E-state index in [0.29, 0.717) is 29.0 Å². The Balaban J connectivity index is 2.09. The van der Waals surface area contributed by atoms with Crippen molar-refractivity contribution in [2.45, 2.75) is 26.7 Å². The summed E-state index contributed by atoms with van der Waals surface area (Å²) in [7, 11) is 0. The Hall–Kier alpha value is -2.17. The lowest BCUT2D eigenvalue weighted by molar-refractivity contribution is 0.101. The Morgan fingerprint density at radius 1 is 1.05 bits per heavy atom. The minimum Gasteiger partial charge on any atom is -0.489 e. The molecule has 2 aromatic rings. The van der Waals surface area contributed by atoms with E-state index < -0.39 is 0 Å². The molecule has 4 heteroatoms. The first-order chi connectivity index (χ1) is 10.1. The van der Waals surface area contributed by atoms with E-state index in [9.17, 15) is 9.90 Å². The van der Waals surface area contributed by atoms with Gasteiger partial charge in [-0.25, -0.2) is 0 Å². The standard InChI is InChI=1S/C17H18O4/c1-12(20)14-4-2-3-13(7-14)11-21-17-6-5-15(9-18)16(8-17)10-19/h2-8,18-19H,9-11H2,1H3. The third kappa shape index (κ3) is 3.90. The van der Waals surface area contributed by atoms with E-state index in [1.165, 1.54) is 6.92 Å². The van der Waals surface area contributed by atoms with Crippen molar-refractivity contribution in [2.75, 3.05) is 0 Å². The van der Waals surface area contributed by atoms with E-state index >= 15 is 0 Å². The zero-order valence-corrected chi connectivity index (χ0v) is 11.9. The lowest BCUT2D eigenvalue weighted by Crippen LogP contribution is -2.00. The molecule has 2 rings (SSSR count). The lowest BCUT2D eigenvalue weighted by atomic mass is 10.1. The Kier molecular flexibility index (Phi) is 5.09. The smallest absolute Gasteiger partial charge is 0.159 e. The van der Waals surface area contributed by atoms with Gasteiger partial charge in [-0.1, -0.05) is 24.3 Å². The van der Waals surface area contributed by atoms with Gasteiger partial charge in [0.25, 0.3) is 0 Å². The maximum absolute atomic E-state index is 11.3. The van der Waals surface area contributed by atoms with Gasteiger partial charge in [0.1, 0.15) is 12.4 Å². The third-order valence-corrected chi connectivity index (χ3v) is 3.26. The molecule has 0 amide bonds. The van der Waals surface area contributed by atoms with Crippen molar-refractivity contribution in [1.82, 2.24) is 0 Å². The first kappa shape index (κ1) is 15.2. The number of aliphatic hydroxyl groups is 2. The minimum atomic E-state index is -0.146. The molecule has 0 saturated carbocycles. The average Bonchev–Trinajstić information content (AvgIpc) is 2.52. The summed E-state index contributed by atoms with van der Waals surface area (Å²) in [5, 5.41) is 18.4. The summed E-state index contributed by atoms with van der Waals surface area (Å²) < 4.78 is 5.66. The van der Waals surface area contributed by atoms with Gasteiger partial charge >= 0.3 is 0 Å². The van der Waals surface area contributed by atoms with Gasteiger partial charge < -0.3 is 14.9 Å². The van der Waals surface area contributed by atoms with Crippen molar-refractivity contribution >= 4 is 5.78 Å². The summed E-state index contributed by atoms with van der Waals surface area (Å²) in [4.78, 5) is 11.3. The van der Waals surface area contributed by atoms with Gasteiger partial charge in [0, 0.05) is 5.56 Å². The largest absolute Gasteiger partial charge is 0.489 e. The molecular formula is C17H18O4. The first-order valence-electron chi connectivity index (χ1n) is 6.70. The first-order valence-corrected chi connectivity index (χ1v) is 6.70. The highest BCUT2D eigenvalue weighted by Crippen LogP contribution is 2.19. The summed E-state index contributed by atoms with van der Waals surface area (Å²) >= 11 is 0. The van der Waals surface area contributed by atoms with E-state index in [1.54, 1.807) is 30.3 Å². The molecule has 0 aliphatic carbocycles. The number of hydrogen-bond donors (Lipinski definition) is 2. The molecule has 0 saturated heterocycles. The summed E-state index contributed by atoms with van der Waals surface area (Å²) in [6, 6.07) is 12.5. The minimum absolute atomic E-state index is 0.0201. The number of benzene rings is 2. The Labute approximate surface area is 123 Å². The van der Waals surface area contributed by atoms with Gasteiger partial charge in [-0.05, 0) is 41.8 Å². The van der Waals surface area contributed by atoms with Crippen LogP contribution in [0.4, 0.5) is 0 Å². The predicted octanol–water partition coefficient (Wildman–Crippen LogP) is 2.45. The lowest BCUT2D eigenvalue weighted by Gasteiger charge is -2.10. The van der Waals surface area contributed by atoms with Gasteiger partial charge in [0.05, 0.1) is 13.2 Å². The Morgan fingerprint density at radius 2 is 1.81 bits per heavy atom. The van der Waals surface area contributed by atoms with E-state index in [2.05, 4.69) is 0 Å². The second-order valence-corrected chi connectivity index (χ2v) is 4.79. The number of ether oxygens (including phenoxy) is 1. The van der Waals surface area contributed by atoms with Crippen LogP contribution < -0.4 is 4.74 Å². The van der Waals surface area contributed by atoms with Gasteiger partial charge in [-0.2, -0.15) is 0 Å². The summed E-state index contributed by atoms with van der Waals surface area (Å²) in [5.41, 5.74) is 2.89. The van der Waals surface area contributed by atoms with Gasteiger partial charge in [0.2, 0.25) is 0 Å². The molecule has 21 heavy (non-hydrogen) atoms. The van der Waals surface area contributed by atoms with Crippen LogP contribution >= 0.6 is 0 Å². The van der Waals surface area contributed by atoms with Crippen LogP contribution in [0.2, 0.25) is 0 Å². The highest BCUT2D eigenvalue weighted by atomic mass is 16.5. The number of rotatable bonds is 6. The van der Waals surface area contributed by atoms with Gasteiger partial charge in [0.15, 0.2) is 5.78 Å². The quantitative estimate of drug-likeness (QED) is 0.800. The molecule has 4 nitrogen and oxygen atoms in total. The van der Waals surface area contributed by atoms with Crippen molar-refractivity contribution in [3.8, 4) is 5.75 Å². The highest BCUT2D eigenvalue weighted by Gasteiger charge is 2.05. The van der Waals surface area contributed by atoms with E-state index in [4.69, 9.17) is 9.84 Å². The maximum atomic E-state index is 11.3. The van der Waals surface area contributed by atoms with Crippen LogP contribution in [0.3, 0.4) is 0 Å². The summed E-state index contributed by atoms with van der Waals surface area (Å²) in [6.45, 7) is 1.61. The van der Waals surface area contributed by atoms with Crippen LogP contribution in [0.25, 0.3) is 0 Å². The number of carbonyl (C=O) groups is 1. The molecule has 0 radical (unpaired) electrons. The molecule has 110 valence electrons. The average molecular weight is 286 g/mol. The molecular weight excluding hydrogens is 268 g/mol. The summed E-state index contributed by atoms with van der Waals surface area (Å²) in [5.74, 6) is 0.635. The zero-order valence-electron chi connectivity index (χ0n) is 11.9. The molecule has 0 fully saturated rings. The summed E-state index contributed by atoms with van der Waals surface area (Å²) in [6.07, 6.45) is 0. The van der Waals surface area contributed by atoms with E-state index in [1.807, 2.05) is 12.1 Å². The molecule has 0 unspecified atom stereocenters. The number of hydrogen-bond acceptors (Lipinski definition) is 4. The third-order valence-electron chi connectivity index (χ3n) is 3.26. The molecule has 2 N–H and O–H groups in total. The van der Waals surface area contributed by atoms with Crippen molar-refractivity contribution in [3.63, 3.8) is 0 Å². The molecule has 0 heterocycles. The van der Waals surface area contributed by atoms with Crippen LogP contribution in [0.15, 0.2) is 42.5 Å².